The number of nitrogens with zero attached hydrogens (tertiary/aromatic N) is 1. The Morgan fingerprint density at radius 1 is 0.913 bits per heavy atom. The van der Waals surface area contributed by atoms with Gasteiger partial charge in [0, 0.05) is 0 Å². The van der Waals surface area contributed by atoms with Crippen LogP contribution >= 0.6 is 0 Å². The maximum atomic E-state index is 13.1. The molecule has 0 saturated heterocycles. The molecule has 23 heavy (non-hydrogen) atoms. The first kappa shape index (κ1) is 20.8. The Morgan fingerprint density at radius 3 is 1.78 bits per heavy atom. The van der Waals surface area contributed by atoms with Gasteiger partial charge >= 0.3 is 143 Å². The van der Waals surface area contributed by atoms with E-state index in [0.717, 1.165) is 61.6 Å². The summed E-state index contributed by atoms with van der Waals surface area (Å²) in [7, 11) is 0. The summed E-state index contributed by atoms with van der Waals surface area (Å²) in [6.45, 7) is 6.49. The molecule has 1 aromatic heterocycles. The topological polar surface area (TPSA) is 12.9 Å². The zero-order valence-electron chi connectivity index (χ0n) is 14.7. The Balaban J connectivity index is 3.23. The van der Waals surface area contributed by atoms with E-state index >= 15 is 0 Å². The van der Waals surface area contributed by atoms with Gasteiger partial charge < -0.3 is 0 Å². The molecular formula is C18H30F3NSn. The second-order valence-electron chi connectivity index (χ2n) is 6.52. The van der Waals surface area contributed by atoms with Crippen LogP contribution in [0.5, 0.6) is 0 Å². The predicted molar refractivity (Wildman–Crippen MR) is 93.8 cm³/mol. The van der Waals surface area contributed by atoms with Crippen molar-refractivity contribution in [2.75, 3.05) is 0 Å². The summed E-state index contributed by atoms with van der Waals surface area (Å²) >= 11 is -2.85. The van der Waals surface area contributed by atoms with Crippen molar-refractivity contribution in [1.82, 2.24) is 4.98 Å². The van der Waals surface area contributed by atoms with E-state index in [1.165, 1.54) is 12.3 Å². The summed E-state index contributed by atoms with van der Waals surface area (Å²) in [4.78, 5) is 4.48. The minimum atomic E-state index is -4.27. The molecule has 0 aliphatic heterocycles. The molecule has 0 spiro atoms. The van der Waals surface area contributed by atoms with Gasteiger partial charge in [0.2, 0.25) is 0 Å². The maximum absolute atomic E-state index is 13.1. The second kappa shape index (κ2) is 9.90. The summed E-state index contributed by atoms with van der Waals surface area (Å²) in [5.74, 6) is 0. The zero-order valence-corrected chi connectivity index (χ0v) is 17.5. The van der Waals surface area contributed by atoms with E-state index in [4.69, 9.17) is 0 Å². The molecule has 0 saturated carbocycles. The van der Waals surface area contributed by atoms with Crippen molar-refractivity contribution in [2.24, 2.45) is 0 Å². The average molecular weight is 436 g/mol. The standard InChI is InChI=1S/C6H3F3N.3C4H9.Sn/c7-6(8,9)5-1-3-10-4-2-5;3*1-3-4-2;/h1-3H;3*1,3-4H2,2H3;. The first-order valence-corrected chi connectivity index (χ1v) is 16.4. The number of aromatic nitrogens is 1. The number of halogens is 3. The predicted octanol–water partition coefficient (Wildman–Crippen LogP) is 6.16. The Bertz CT molecular complexity index is 438. The van der Waals surface area contributed by atoms with Crippen LogP contribution in [-0.2, 0) is 6.18 Å². The van der Waals surface area contributed by atoms with Gasteiger partial charge in [-0.15, -0.1) is 0 Å². The van der Waals surface area contributed by atoms with E-state index in [0.29, 0.717) is 0 Å². The van der Waals surface area contributed by atoms with Crippen molar-refractivity contribution in [1.29, 1.82) is 0 Å². The van der Waals surface area contributed by atoms with E-state index in [2.05, 4.69) is 25.8 Å². The fourth-order valence-electron chi connectivity index (χ4n) is 3.20. The van der Waals surface area contributed by atoms with E-state index in [1.807, 2.05) is 0 Å². The van der Waals surface area contributed by atoms with Gasteiger partial charge in [-0.05, 0) is 0 Å². The number of pyridine rings is 1. The molecule has 0 aromatic carbocycles. The van der Waals surface area contributed by atoms with Crippen molar-refractivity contribution >= 4 is 22.1 Å². The molecule has 1 heterocycles. The monoisotopic (exact) mass is 437 g/mol. The molecule has 1 nitrogen and oxygen atoms in total. The van der Waals surface area contributed by atoms with E-state index < -0.39 is 30.1 Å². The quantitative estimate of drug-likeness (QED) is 0.401. The Hall–Kier alpha value is -0.261. The van der Waals surface area contributed by atoms with Gasteiger partial charge in [-0.25, -0.2) is 0 Å². The molecule has 132 valence electrons. The van der Waals surface area contributed by atoms with Gasteiger partial charge in [-0.3, -0.25) is 0 Å². The Kier molecular flexibility index (Phi) is 8.94. The number of alkyl halides is 3. The minimum absolute atomic E-state index is 0.520. The molecule has 0 bridgehead atoms. The van der Waals surface area contributed by atoms with Crippen LogP contribution in [0, 0.1) is 0 Å². The molecule has 1 aromatic rings. The van der Waals surface area contributed by atoms with Gasteiger partial charge in [-0.1, -0.05) is 0 Å². The van der Waals surface area contributed by atoms with Crippen molar-refractivity contribution < 1.29 is 13.2 Å². The fourth-order valence-corrected chi connectivity index (χ4v) is 18.7. The van der Waals surface area contributed by atoms with Crippen LogP contribution in [0.1, 0.15) is 64.9 Å². The summed E-state index contributed by atoms with van der Waals surface area (Å²) in [6.07, 6.45) is 3.81. The van der Waals surface area contributed by atoms with Crippen LogP contribution in [0.15, 0.2) is 18.3 Å². The number of unbranched alkanes of at least 4 members (excludes halogenated alkanes) is 3. The van der Waals surface area contributed by atoms with Gasteiger partial charge in [0.25, 0.3) is 0 Å². The summed E-state index contributed by atoms with van der Waals surface area (Å²) in [5, 5.41) is 0. The third-order valence-corrected chi connectivity index (χ3v) is 19.8. The molecule has 0 radical (unpaired) electrons. The van der Waals surface area contributed by atoms with Crippen LogP contribution in [0.3, 0.4) is 0 Å². The van der Waals surface area contributed by atoms with Crippen molar-refractivity contribution in [3.05, 3.63) is 23.9 Å². The van der Waals surface area contributed by atoms with E-state index in [-0.39, 0.29) is 0 Å². The molecule has 0 N–H and O–H groups in total. The van der Waals surface area contributed by atoms with Gasteiger partial charge in [0.05, 0.1) is 0 Å². The normalized spacial score (nSPS) is 12.6. The molecular weight excluding hydrogens is 406 g/mol. The van der Waals surface area contributed by atoms with E-state index in [1.54, 1.807) is 0 Å². The van der Waals surface area contributed by atoms with Crippen LogP contribution < -0.4 is 3.71 Å². The first-order chi connectivity index (χ1) is 10.9. The zero-order chi connectivity index (χ0) is 17.3. The van der Waals surface area contributed by atoms with Crippen molar-refractivity contribution in [3.63, 3.8) is 0 Å². The summed E-state index contributed by atoms with van der Waals surface area (Å²) < 4.78 is 43.6. The van der Waals surface area contributed by atoms with Crippen LogP contribution in [0.4, 0.5) is 13.2 Å². The molecule has 0 amide bonds. The molecule has 0 atom stereocenters. The molecule has 0 aliphatic carbocycles. The van der Waals surface area contributed by atoms with Crippen molar-refractivity contribution in [2.45, 2.75) is 78.8 Å². The Morgan fingerprint density at radius 2 is 1.39 bits per heavy atom. The van der Waals surface area contributed by atoms with Crippen LogP contribution in [0.25, 0.3) is 0 Å². The number of hydrogen-bond donors (Lipinski definition) is 0. The van der Waals surface area contributed by atoms with E-state index in [9.17, 15) is 13.2 Å². The molecule has 0 aliphatic rings. The van der Waals surface area contributed by atoms with Gasteiger partial charge in [0.1, 0.15) is 0 Å². The van der Waals surface area contributed by atoms with Gasteiger partial charge in [-0.2, -0.15) is 0 Å². The third kappa shape index (κ3) is 6.28. The third-order valence-electron chi connectivity index (χ3n) is 4.66. The number of hydrogen-bond acceptors (Lipinski definition) is 1. The van der Waals surface area contributed by atoms with Crippen LogP contribution in [0.2, 0.25) is 13.3 Å². The summed E-state index contributed by atoms with van der Waals surface area (Å²) in [6, 6.07) is 2.50. The van der Waals surface area contributed by atoms with Gasteiger partial charge in [0.15, 0.2) is 0 Å². The molecule has 5 heteroatoms. The van der Waals surface area contributed by atoms with Crippen LogP contribution in [-0.4, -0.2) is 23.4 Å². The Labute approximate surface area is 143 Å². The molecule has 0 unspecified atom stereocenters. The first-order valence-electron chi connectivity index (χ1n) is 8.93. The fraction of sp³-hybridized carbons (Fsp3) is 0.722. The SMILES string of the molecule is CCC[CH2][Sn]([CH2]CCC)([CH2]CCC)[c]1cc(C(F)(F)F)ccn1. The van der Waals surface area contributed by atoms with Crippen molar-refractivity contribution in [3.8, 4) is 0 Å². The number of rotatable bonds is 10. The molecule has 0 fully saturated rings. The molecule has 1 rings (SSSR count). The second-order valence-corrected chi connectivity index (χ2v) is 19.6. The summed E-state index contributed by atoms with van der Waals surface area (Å²) in [5.41, 5.74) is -0.520. The average Bonchev–Trinajstić information content (AvgIpc) is 2.54.